The van der Waals surface area contributed by atoms with Crippen LogP contribution in [0.25, 0.3) is 11.4 Å². The summed E-state index contributed by atoms with van der Waals surface area (Å²) in [4.78, 5) is 11.3. The van der Waals surface area contributed by atoms with E-state index >= 15 is 0 Å². The third-order valence-electron chi connectivity index (χ3n) is 4.37. The van der Waals surface area contributed by atoms with Crippen LogP contribution in [-0.4, -0.2) is 9.97 Å². The molecule has 0 atom stereocenters. The highest BCUT2D eigenvalue weighted by atomic mass is 16.5. The van der Waals surface area contributed by atoms with E-state index in [0.29, 0.717) is 0 Å². The molecule has 5 rings (SSSR count). The second-order valence-electron chi connectivity index (χ2n) is 5.96. The van der Waals surface area contributed by atoms with Crippen LogP contribution in [0.3, 0.4) is 0 Å². The number of rotatable bonds is 2. The Bertz CT molecular complexity index is 1030. The van der Waals surface area contributed by atoms with E-state index < -0.39 is 0 Å². The minimum atomic E-state index is 0.821. The zero-order chi connectivity index (χ0) is 17.3. The molecule has 0 fully saturated rings. The van der Waals surface area contributed by atoms with Crippen LogP contribution in [0.5, 0.6) is 11.5 Å². The first-order valence-corrected chi connectivity index (χ1v) is 8.44. The lowest BCUT2D eigenvalue weighted by molar-refractivity contribution is 0.477. The number of anilines is 3. The van der Waals surface area contributed by atoms with E-state index in [1.54, 1.807) is 12.4 Å². The van der Waals surface area contributed by atoms with Crippen molar-refractivity contribution in [2.75, 3.05) is 4.90 Å². The minimum Gasteiger partial charge on any atom is -0.453 e. The molecule has 124 valence electrons. The first-order chi connectivity index (χ1) is 12.9. The number of ether oxygens (including phenoxy) is 1. The Balaban J connectivity index is 1.78. The van der Waals surface area contributed by atoms with Gasteiger partial charge in [0.15, 0.2) is 11.5 Å². The summed E-state index contributed by atoms with van der Waals surface area (Å²) in [5.74, 6) is 1.64. The van der Waals surface area contributed by atoms with Gasteiger partial charge in [0.05, 0.1) is 22.8 Å². The Labute approximate surface area is 151 Å². The molecule has 4 aromatic rings. The van der Waals surface area contributed by atoms with E-state index in [9.17, 15) is 0 Å². The fourth-order valence-corrected chi connectivity index (χ4v) is 3.24. The SMILES string of the molecule is c1ccc(-c2ncccc2N2c3ccccc3Oc3ccccc32)nc1. The number of fused-ring (bicyclic) bond motifs is 2. The first-order valence-electron chi connectivity index (χ1n) is 8.44. The van der Waals surface area contributed by atoms with Gasteiger partial charge in [-0.25, -0.2) is 0 Å². The molecule has 0 amide bonds. The van der Waals surface area contributed by atoms with Crippen molar-refractivity contribution in [3.8, 4) is 22.9 Å². The molecule has 0 spiro atoms. The maximum atomic E-state index is 6.10. The maximum Gasteiger partial charge on any atom is 0.151 e. The molecule has 0 saturated heterocycles. The second-order valence-corrected chi connectivity index (χ2v) is 5.96. The summed E-state index contributed by atoms with van der Waals surface area (Å²) in [6.07, 6.45) is 3.58. The fraction of sp³-hybridized carbons (Fsp3) is 0. The van der Waals surface area contributed by atoms with Gasteiger partial charge < -0.3 is 9.64 Å². The minimum absolute atomic E-state index is 0.821. The Morgan fingerprint density at radius 3 is 1.88 bits per heavy atom. The molecule has 4 nitrogen and oxygen atoms in total. The number of hydrogen-bond acceptors (Lipinski definition) is 4. The van der Waals surface area contributed by atoms with Gasteiger partial charge in [0, 0.05) is 12.4 Å². The summed E-state index contributed by atoms with van der Waals surface area (Å²) in [5.41, 5.74) is 4.60. The molecule has 1 aliphatic rings. The monoisotopic (exact) mass is 337 g/mol. The summed E-state index contributed by atoms with van der Waals surface area (Å²) in [6, 6.07) is 25.9. The largest absolute Gasteiger partial charge is 0.453 e. The van der Waals surface area contributed by atoms with Crippen molar-refractivity contribution in [1.82, 2.24) is 9.97 Å². The summed E-state index contributed by atoms with van der Waals surface area (Å²) in [7, 11) is 0. The molecule has 2 aromatic carbocycles. The van der Waals surface area contributed by atoms with E-state index in [2.05, 4.69) is 33.1 Å². The summed E-state index contributed by atoms with van der Waals surface area (Å²) in [6.45, 7) is 0. The standard InChI is InChI=1S/C22H15N3O/c1-3-12-20-17(9-1)25(18-10-2-4-13-21(18)26-20)19-11-7-15-24-22(19)16-8-5-6-14-23-16/h1-15H. The lowest BCUT2D eigenvalue weighted by Crippen LogP contribution is -2.16. The van der Waals surface area contributed by atoms with Gasteiger partial charge in [-0.05, 0) is 48.5 Å². The highest BCUT2D eigenvalue weighted by Crippen LogP contribution is 2.51. The quantitative estimate of drug-likeness (QED) is 0.413. The Morgan fingerprint density at radius 1 is 0.577 bits per heavy atom. The normalized spacial score (nSPS) is 12.1. The topological polar surface area (TPSA) is 38.2 Å². The molecule has 3 heterocycles. The lowest BCUT2D eigenvalue weighted by atomic mass is 10.1. The summed E-state index contributed by atoms with van der Waals surface area (Å²) < 4.78 is 6.10. The number of benzene rings is 2. The molecule has 0 N–H and O–H groups in total. The molecule has 0 aliphatic carbocycles. The predicted molar refractivity (Wildman–Crippen MR) is 102 cm³/mol. The second kappa shape index (κ2) is 6.01. The van der Waals surface area contributed by atoms with Gasteiger partial charge >= 0.3 is 0 Å². The molecular formula is C22H15N3O. The maximum absolute atomic E-state index is 6.10. The fourth-order valence-electron chi connectivity index (χ4n) is 3.24. The van der Waals surface area contributed by atoms with Gasteiger partial charge in [0.25, 0.3) is 0 Å². The van der Waals surface area contributed by atoms with Gasteiger partial charge in [-0.15, -0.1) is 0 Å². The van der Waals surface area contributed by atoms with E-state index in [4.69, 9.17) is 4.74 Å². The van der Waals surface area contributed by atoms with E-state index in [-0.39, 0.29) is 0 Å². The van der Waals surface area contributed by atoms with Crippen LogP contribution in [0.1, 0.15) is 0 Å². The highest BCUT2D eigenvalue weighted by Gasteiger charge is 2.27. The van der Waals surface area contributed by atoms with Crippen LogP contribution in [0.15, 0.2) is 91.3 Å². The smallest absolute Gasteiger partial charge is 0.151 e. The van der Waals surface area contributed by atoms with Gasteiger partial charge in [0.2, 0.25) is 0 Å². The van der Waals surface area contributed by atoms with Crippen molar-refractivity contribution in [1.29, 1.82) is 0 Å². The van der Waals surface area contributed by atoms with Crippen LogP contribution in [-0.2, 0) is 0 Å². The van der Waals surface area contributed by atoms with E-state index in [0.717, 1.165) is 39.9 Å². The molecule has 0 unspecified atom stereocenters. The van der Waals surface area contributed by atoms with Crippen LogP contribution >= 0.6 is 0 Å². The van der Waals surface area contributed by atoms with Crippen molar-refractivity contribution in [3.63, 3.8) is 0 Å². The zero-order valence-corrected chi connectivity index (χ0v) is 13.9. The molecule has 0 bridgehead atoms. The number of para-hydroxylation sites is 4. The van der Waals surface area contributed by atoms with Gasteiger partial charge in [-0.3, -0.25) is 9.97 Å². The molecular weight excluding hydrogens is 322 g/mol. The first kappa shape index (κ1) is 14.7. The van der Waals surface area contributed by atoms with Crippen molar-refractivity contribution in [2.45, 2.75) is 0 Å². The molecule has 0 saturated carbocycles. The number of hydrogen-bond donors (Lipinski definition) is 0. The van der Waals surface area contributed by atoms with Crippen LogP contribution < -0.4 is 9.64 Å². The van der Waals surface area contributed by atoms with Crippen LogP contribution in [0.4, 0.5) is 17.1 Å². The predicted octanol–water partition coefficient (Wildman–Crippen LogP) is 5.72. The lowest BCUT2D eigenvalue weighted by Gasteiger charge is -2.33. The molecule has 26 heavy (non-hydrogen) atoms. The Kier molecular flexibility index (Phi) is 3.39. The van der Waals surface area contributed by atoms with Gasteiger partial charge in [-0.2, -0.15) is 0 Å². The molecule has 0 radical (unpaired) electrons. The molecule has 1 aliphatic heterocycles. The van der Waals surface area contributed by atoms with Gasteiger partial charge in [-0.1, -0.05) is 30.3 Å². The number of aromatic nitrogens is 2. The van der Waals surface area contributed by atoms with Gasteiger partial charge in [0.1, 0.15) is 5.69 Å². The van der Waals surface area contributed by atoms with Crippen LogP contribution in [0, 0.1) is 0 Å². The van der Waals surface area contributed by atoms with Crippen molar-refractivity contribution in [3.05, 3.63) is 91.3 Å². The summed E-state index contributed by atoms with van der Waals surface area (Å²) in [5, 5.41) is 0. The highest BCUT2D eigenvalue weighted by molar-refractivity contribution is 5.90. The molecule has 4 heteroatoms. The van der Waals surface area contributed by atoms with E-state index in [1.165, 1.54) is 0 Å². The van der Waals surface area contributed by atoms with Crippen molar-refractivity contribution < 1.29 is 4.74 Å². The zero-order valence-electron chi connectivity index (χ0n) is 13.9. The Morgan fingerprint density at radius 2 is 1.19 bits per heavy atom. The van der Waals surface area contributed by atoms with Crippen molar-refractivity contribution >= 4 is 17.1 Å². The number of pyridine rings is 2. The Hall–Kier alpha value is -3.66. The average Bonchev–Trinajstić information content (AvgIpc) is 2.72. The van der Waals surface area contributed by atoms with Crippen molar-refractivity contribution in [2.24, 2.45) is 0 Å². The number of nitrogens with zero attached hydrogens (tertiary/aromatic N) is 3. The third kappa shape index (κ3) is 2.31. The van der Waals surface area contributed by atoms with E-state index in [1.807, 2.05) is 60.7 Å². The third-order valence-corrected chi connectivity index (χ3v) is 4.37. The average molecular weight is 337 g/mol. The summed E-state index contributed by atoms with van der Waals surface area (Å²) >= 11 is 0. The van der Waals surface area contributed by atoms with Crippen LogP contribution in [0.2, 0.25) is 0 Å². The molecule has 2 aromatic heterocycles.